The number of aromatic amines is 1. The topological polar surface area (TPSA) is 68.1 Å². The van der Waals surface area contributed by atoms with Crippen LogP contribution in [0.15, 0.2) is 9.21 Å². The summed E-state index contributed by atoms with van der Waals surface area (Å²) in [5, 5.41) is 6.11. The summed E-state index contributed by atoms with van der Waals surface area (Å²) in [6.07, 6.45) is 3.72. The Morgan fingerprint density at radius 3 is 2.92 bits per heavy atom. The highest BCUT2D eigenvalue weighted by Gasteiger charge is 2.43. The van der Waals surface area contributed by atoms with Gasteiger partial charge in [-0.3, -0.25) is 0 Å². The summed E-state index contributed by atoms with van der Waals surface area (Å²) >= 11 is 0. The van der Waals surface area contributed by atoms with Crippen molar-refractivity contribution in [3.8, 4) is 0 Å². The van der Waals surface area contributed by atoms with E-state index in [1.165, 1.54) is 0 Å². The summed E-state index contributed by atoms with van der Waals surface area (Å²) in [7, 11) is 0. The molecule has 1 N–H and O–H groups in total. The zero-order valence-corrected chi connectivity index (χ0v) is 7.03. The molecule has 5 nitrogen and oxygen atoms in total. The van der Waals surface area contributed by atoms with Crippen molar-refractivity contribution in [2.75, 3.05) is 0 Å². The van der Waals surface area contributed by atoms with Crippen molar-refractivity contribution < 1.29 is 9.15 Å². The molecule has 0 radical (unpaired) electrons. The molecule has 3 heterocycles. The van der Waals surface area contributed by atoms with Gasteiger partial charge in [-0.25, -0.2) is 9.89 Å². The smallest absolute Gasteiger partial charge is 0.392 e. The van der Waals surface area contributed by atoms with Gasteiger partial charge in [0.2, 0.25) is 5.89 Å². The first-order valence-corrected chi connectivity index (χ1v) is 4.54. The van der Waals surface area contributed by atoms with Crippen LogP contribution in [0.4, 0.5) is 0 Å². The van der Waals surface area contributed by atoms with Crippen molar-refractivity contribution in [3.05, 3.63) is 16.4 Å². The van der Waals surface area contributed by atoms with Crippen LogP contribution in [0.2, 0.25) is 0 Å². The second kappa shape index (κ2) is 2.45. The molecule has 2 fully saturated rings. The maximum atomic E-state index is 10.7. The lowest BCUT2D eigenvalue weighted by atomic mass is 9.89. The van der Waals surface area contributed by atoms with Crippen LogP contribution in [0, 0.1) is 0 Å². The van der Waals surface area contributed by atoms with Gasteiger partial charge in [0.1, 0.15) is 0 Å². The highest BCUT2D eigenvalue weighted by molar-refractivity contribution is 5.03. The van der Waals surface area contributed by atoms with Gasteiger partial charge in [-0.05, 0) is 19.3 Å². The molecule has 0 saturated carbocycles. The molecule has 70 valence electrons. The monoisotopic (exact) mass is 182 g/mol. The lowest BCUT2D eigenvalue weighted by Crippen LogP contribution is -2.14. The number of hydrogen-bond acceptors (Lipinski definition) is 4. The van der Waals surface area contributed by atoms with Crippen molar-refractivity contribution in [1.82, 2.24) is 10.2 Å². The van der Waals surface area contributed by atoms with Crippen molar-refractivity contribution in [3.63, 3.8) is 0 Å². The molecule has 3 rings (SSSR count). The summed E-state index contributed by atoms with van der Waals surface area (Å²) in [5.74, 6) is 0.229. The normalized spacial score (nSPS) is 37.1. The van der Waals surface area contributed by atoms with Gasteiger partial charge in [-0.1, -0.05) is 0 Å². The average molecular weight is 182 g/mol. The van der Waals surface area contributed by atoms with Crippen molar-refractivity contribution in [1.29, 1.82) is 0 Å². The number of ether oxygens (including phenoxy) is 1. The average Bonchev–Trinajstić information content (AvgIpc) is 2.77. The third kappa shape index (κ3) is 1.03. The lowest BCUT2D eigenvalue weighted by molar-refractivity contribution is 0.0980. The molecule has 2 aliphatic heterocycles. The fourth-order valence-corrected chi connectivity index (χ4v) is 2.30. The highest BCUT2D eigenvalue weighted by Crippen LogP contribution is 2.43. The van der Waals surface area contributed by atoms with Crippen LogP contribution in [0.1, 0.15) is 31.1 Å². The van der Waals surface area contributed by atoms with Crippen LogP contribution in [0.5, 0.6) is 0 Å². The van der Waals surface area contributed by atoms with E-state index in [4.69, 9.17) is 9.15 Å². The van der Waals surface area contributed by atoms with Crippen LogP contribution in [0.3, 0.4) is 0 Å². The molecule has 0 aliphatic carbocycles. The minimum atomic E-state index is -0.474. The summed E-state index contributed by atoms with van der Waals surface area (Å²) in [6, 6.07) is 0. The molecule has 1 aromatic rings. The van der Waals surface area contributed by atoms with E-state index in [1.54, 1.807) is 0 Å². The van der Waals surface area contributed by atoms with Crippen molar-refractivity contribution in [2.45, 2.75) is 37.4 Å². The van der Waals surface area contributed by atoms with E-state index in [1.807, 2.05) is 0 Å². The maximum absolute atomic E-state index is 10.7. The van der Waals surface area contributed by atoms with Crippen LogP contribution in [-0.2, 0) is 4.74 Å². The SMILES string of the molecule is O=c1[nH]nc(C2CC3CCC2O3)o1. The van der Waals surface area contributed by atoms with Gasteiger partial charge in [-0.15, -0.1) is 5.10 Å². The van der Waals surface area contributed by atoms with Gasteiger partial charge in [0.25, 0.3) is 0 Å². The molecule has 5 heteroatoms. The van der Waals surface area contributed by atoms with E-state index in [0.717, 1.165) is 19.3 Å². The molecule has 2 saturated heterocycles. The maximum Gasteiger partial charge on any atom is 0.434 e. The molecule has 3 unspecified atom stereocenters. The number of H-pyrrole nitrogens is 1. The molecule has 3 atom stereocenters. The van der Waals surface area contributed by atoms with Gasteiger partial charge >= 0.3 is 5.76 Å². The predicted molar refractivity (Wildman–Crippen MR) is 42.4 cm³/mol. The number of fused-ring (bicyclic) bond motifs is 2. The summed E-state index contributed by atoms with van der Waals surface area (Å²) in [6.45, 7) is 0. The second-order valence-corrected chi connectivity index (χ2v) is 3.67. The first kappa shape index (κ1) is 7.32. The van der Waals surface area contributed by atoms with E-state index < -0.39 is 5.76 Å². The quantitative estimate of drug-likeness (QED) is 0.682. The Morgan fingerprint density at radius 1 is 1.46 bits per heavy atom. The fraction of sp³-hybridized carbons (Fsp3) is 0.750. The molecular weight excluding hydrogens is 172 g/mol. The highest BCUT2D eigenvalue weighted by atomic mass is 16.5. The van der Waals surface area contributed by atoms with Crippen molar-refractivity contribution in [2.24, 2.45) is 0 Å². The molecule has 1 aromatic heterocycles. The van der Waals surface area contributed by atoms with Gasteiger partial charge in [0.15, 0.2) is 0 Å². The molecule has 13 heavy (non-hydrogen) atoms. The minimum absolute atomic E-state index is 0.192. The van der Waals surface area contributed by atoms with E-state index in [2.05, 4.69) is 10.2 Å². The standard InChI is InChI=1S/C8H10N2O3/c11-8-10-9-7(13-8)5-3-4-1-2-6(5)12-4/h4-6H,1-3H2,(H,10,11). The first-order valence-electron chi connectivity index (χ1n) is 4.54. The third-order valence-electron chi connectivity index (χ3n) is 2.88. The number of nitrogens with one attached hydrogen (secondary N) is 1. The zero-order chi connectivity index (χ0) is 8.84. The number of nitrogens with zero attached hydrogens (tertiary/aromatic N) is 1. The van der Waals surface area contributed by atoms with Gasteiger partial charge in [-0.2, -0.15) is 0 Å². The molecule has 2 aliphatic rings. The second-order valence-electron chi connectivity index (χ2n) is 3.67. The first-order chi connectivity index (χ1) is 6.33. The Bertz CT molecular complexity index is 369. The largest absolute Gasteiger partial charge is 0.434 e. The third-order valence-corrected chi connectivity index (χ3v) is 2.88. The zero-order valence-electron chi connectivity index (χ0n) is 7.03. The Kier molecular flexibility index (Phi) is 1.38. The van der Waals surface area contributed by atoms with Crippen LogP contribution < -0.4 is 5.76 Å². The Morgan fingerprint density at radius 2 is 2.38 bits per heavy atom. The predicted octanol–water partition coefficient (Wildman–Crippen LogP) is 0.398. The minimum Gasteiger partial charge on any atom is -0.392 e. The molecule has 0 aromatic carbocycles. The molecule has 0 spiro atoms. The molecule has 0 amide bonds. The Labute approximate surface area is 74.1 Å². The number of hydrogen-bond donors (Lipinski definition) is 1. The van der Waals surface area contributed by atoms with Crippen molar-refractivity contribution >= 4 is 0 Å². The van der Waals surface area contributed by atoms with Crippen LogP contribution >= 0.6 is 0 Å². The number of aromatic nitrogens is 2. The number of rotatable bonds is 1. The summed E-state index contributed by atoms with van der Waals surface area (Å²) < 4.78 is 10.6. The molecular formula is C8H10N2O3. The van der Waals surface area contributed by atoms with E-state index >= 15 is 0 Å². The molecule has 2 bridgehead atoms. The van der Waals surface area contributed by atoms with Gasteiger partial charge < -0.3 is 9.15 Å². The summed E-state index contributed by atoms with van der Waals surface area (Å²) in [4.78, 5) is 10.7. The lowest BCUT2D eigenvalue weighted by Gasteiger charge is -2.13. The fourth-order valence-electron chi connectivity index (χ4n) is 2.30. The Hall–Kier alpha value is -1.10. The van der Waals surface area contributed by atoms with Gasteiger partial charge in [0.05, 0.1) is 18.1 Å². The summed E-state index contributed by atoms with van der Waals surface area (Å²) in [5.41, 5.74) is 0. The van der Waals surface area contributed by atoms with E-state index in [0.29, 0.717) is 12.0 Å². The van der Waals surface area contributed by atoms with Crippen LogP contribution in [0.25, 0.3) is 0 Å². The van der Waals surface area contributed by atoms with Crippen LogP contribution in [-0.4, -0.2) is 22.4 Å². The van der Waals surface area contributed by atoms with Gasteiger partial charge in [0, 0.05) is 0 Å². The van der Waals surface area contributed by atoms with E-state index in [9.17, 15) is 4.79 Å². The van der Waals surface area contributed by atoms with E-state index in [-0.39, 0.29) is 12.0 Å². The Balaban J connectivity index is 1.91.